The minimum Gasteiger partial charge on any atom is -0.302 e. The predicted octanol–water partition coefficient (Wildman–Crippen LogP) is 4.98. The summed E-state index contributed by atoms with van der Waals surface area (Å²) in [6.45, 7) is 2.59. The molecule has 0 atom stereocenters. The maximum Gasteiger partial charge on any atom is 0.243 e. The van der Waals surface area contributed by atoms with Crippen molar-refractivity contribution in [1.29, 1.82) is 0 Å². The topological polar surface area (TPSA) is 79.4 Å². The highest BCUT2D eigenvalue weighted by Gasteiger charge is 2.32. The highest BCUT2D eigenvalue weighted by atomic mass is 79.9. The lowest BCUT2D eigenvalue weighted by atomic mass is 9.97. The number of nitrogens with one attached hydrogen (secondary N) is 1. The summed E-state index contributed by atoms with van der Waals surface area (Å²) >= 11 is 6.42. The lowest BCUT2D eigenvalue weighted by molar-refractivity contribution is -0.120. The first kappa shape index (κ1) is 21.6. The number of thiophene rings is 1. The van der Waals surface area contributed by atoms with Crippen molar-refractivity contribution in [3.05, 3.63) is 51.1 Å². The number of hydrogen-bond acceptors (Lipinski definition) is 6. The third-order valence-corrected chi connectivity index (χ3v) is 9.36. The maximum absolute atomic E-state index is 12.8. The van der Waals surface area contributed by atoms with Crippen LogP contribution in [0.1, 0.15) is 18.4 Å². The molecule has 0 radical (unpaired) electrons. The molecule has 1 N–H and O–H groups in total. The number of benzene rings is 1. The quantitative estimate of drug-likeness (QED) is 0.509. The van der Waals surface area contributed by atoms with Gasteiger partial charge in [-0.05, 0) is 60.0 Å². The molecular weight excluding hydrogens is 506 g/mol. The van der Waals surface area contributed by atoms with Crippen LogP contribution >= 0.6 is 38.6 Å². The number of sulfonamides is 1. The van der Waals surface area contributed by atoms with E-state index >= 15 is 0 Å². The van der Waals surface area contributed by atoms with Crippen molar-refractivity contribution in [3.8, 4) is 10.6 Å². The highest BCUT2D eigenvalue weighted by molar-refractivity contribution is 9.11. The third kappa shape index (κ3) is 4.67. The number of hydrogen-bond donors (Lipinski definition) is 1. The fraction of sp³-hybridized carbons (Fsp3) is 0.300. The molecule has 30 heavy (non-hydrogen) atoms. The summed E-state index contributed by atoms with van der Waals surface area (Å²) < 4.78 is 28.1. The molecule has 1 saturated heterocycles. The Labute approximate surface area is 192 Å². The first-order valence-corrected chi connectivity index (χ1v) is 13.3. The van der Waals surface area contributed by atoms with E-state index < -0.39 is 10.0 Å². The molecule has 3 aromatic rings. The molecule has 4 rings (SSSR count). The predicted molar refractivity (Wildman–Crippen MR) is 124 cm³/mol. The highest BCUT2D eigenvalue weighted by Crippen LogP contribution is 2.33. The summed E-state index contributed by atoms with van der Waals surface area (Å²) in [5.74, 6) is -0.326. The van der Waals surface area contributed by atoms with Gasteiger partial charge in [0, 0.05) is 24.4 Å². The Hall–Kier alpha value is -1.59. The van der Waals surface area contributed by atoms with E-state index in [0.29, 0.717) is 36.0 Å². The molecule has 6 nitrogen and oxygen atoms in total. The lowest BCUT2D eigenvalue weighted by Gasteiger charge is -2.30. The summed E-state index contributed by atoms with van der Waals surface area (Å²) in [4.78, 5) is 18.5. The first-order chi connectivity index (χ1) is 14.3. The van der Waals surface area contributed by atoms with E-state index in [1.54, 1.807) is 35.6 Å². The van der Waals surface area contributed by atoms with E-state index in [2.05, 4.69) is 26.2 Å². The number of rotatable bonds is 5. The second kappa shape index (κ2) is 8.88. The van der Waals surface area contributed by atoms with Gasteiger partial charge in [-0.15, -0.1) is 22.7 Å². The molecular formula is C20H20BrN3O3S3. The fourth-order valence-corrected chi connectivity index (χ4v) is 6.93. The van der Waals surface area contributed by atoms with Gasteiger partial charge >= 0.3 is 0 Å². The molecule has 2 aromatic heterocycles. The van der Waals surface area contributed by atoms with Crippen LogP contribution in [0.25, 0.3) is 10.6 Å². The summed E-state index contributed by atoms with van der Waals surface area (Å²) in [7, 11) is -3.52. The summed E-state index contributed by atoms with van der Waals surface area (Å²) in [6.07, 6.45) is 0.986. The molecule has 0 saturated carbocycles. The van der Waals surface area contributed by atoms with E-state index in [0.717, 1.165) is 19.9 Å². The number of aromatic nitrogens is 1. The SMILES string of the molecule is Cc1ccc(S(=O)(=O)N2CCC(C(=O)Nc3nc(-c4ccc(Br)s4)cs3)CC2)cc1. The summed E-state index contributed by atoms with van der Waals surface area (Å²) in [6, 6.07) is 10.8. The normalized spacial score (nSPS) is 15.9. The Bertz CT molecular complexity index is 1150. The Morgan fingerprint density at radius 1 is 1.17 bits per heavy atom. The Balaban J connectivity index is 1.35. The third-order valence-electron chi connectivity index (χ3n) is 5.04. The number of anilines is 1. The van der Waals surface area contributed by atoms with E-state index in [4.69, 9.17) is 0 Å². The van der Waals surface area contributed by atoms with E-state index in [9.17, 15) is 13.2 Å². The standard InChI is InChI=1S/C20H20BrN3O3S3/c1-13-2-4-15(5-3-13)30(26,27)24-10-8-14(9-11-24)19(25)23-20-22-16(12-28-20)17-6-7-18(21)29-17/h2-7,12,14H,8-11H2,1H3,(H,22,23,25). The van der Waals surface area contributed by atoms with Crippen LogP contribution < -0.4 is 5.32 Å². The summed E-state index contributed by atoms with van der Waals surface area (Å²) in [5, 5.41) is 5.38. The second-order valence-electron chi connectivity index (χ2n) is 7.12. The number of nitrogens with zero attached hydrogens (tertiary/aromatic N) is 2. The number of piperidine rings is 1. The smallest absolute Gasteiger partial charge is 0.243 e. The van der Waals surface area contributed by atoms with Gasteiger partial charge in [-0.25, -0.2) is 13.4 Å². The number of amides is 1. The first-order valence-electron chi connectivity index (χ1n) is 9.42. The molecule has 0 bridgehead atoms. The maximum atomic E-state index is 12.8. The number of carbonyl (C=O) groups excluding carboxylic acids is 1. The van der Waals surface area contributed by atoms with Gasteiger partial charge in [-0.2, -0.15) is 4.31 Å². The van der Waals surface area contributed by atoms with Crippen molar-refractivity contribution >= 4 is 59.7 Å². The van der Waals surface area contributed by atoms with Gasteiger partial charge in [0.1, 0.15) is 0 Å². The zero-order chi connectivity index (χ0) is 21.3. The molecule has 1 aliphatic heterocycles. The van der Waals surface area contributed by atoms with Crippen LogP contribution in [-0.2, 0) is 14.8 Å². The number of aryl methyl sites for hydroxylation is 1. The zero-order valence-electron chi connectivity index (χ0n) is 16.2. The average Bonchev–Trinajstić information content (AvgIpc) is 3.37. The van der Waals surface area contributed by atoms with Crippen LogP contribution in [0.4, 0.5) is 5.13 Å². The van der Waals surface area contributed by atoms with Crippen molar-refractivity contribution < 1.29 is 13.2 Å². The molecule has 3 heterocycles. The number of thiazole rings is 1. The Morgan fingerprint density at radius 2 is 1.87 bits per heavy atom. The number of carbonyl (C=O) groups is 1. The molecule has 0 unspecified atom stereocenters. The molecule has 1 aromatic carbocycles. The van der Waals surface area contributed by atoms with Gasteiger partial charge in [0.15, 0.2) is 5.13 Å². The molecule has 1 amide bonds. The monoisotopic (exact) mass is 525 g/mol. The van der Waals surface area contributed by atoms with E-state index in [1.165, 1.54) is 15.6 Å². The fourth-order valence-electron chi connectivity index (χ4n) is 3.32. The van der Waals surface area contributed by atoms with Gasteiger partial charge in [0.2, 0.25) is 15.9 Å². The molecule has 1 aliphatic rings. The van der Waals surface area contributed by atoms with Crippen molar-refractivity contribution in [1.82, 2.24) is 9.29 Å². The van der Waals surface area contributed by atoms with Gasteiger partial charge in [-0.1, -0.05) is 17.7 Å². The molecule has 0 spiro atoms. The lowest BCUT2D eigenvalue weighted by Crippen LogP contribution is -2.41. The van der Waals surface area contributed by atoms with Crippen LogP contribution in [0, 0.1) is 12.8 Å². The minimum atomic E-state index is -3.52. The summed E-state index contributed by atoms with van der Waals surface area (Å²) in [5.41, 5.74) is 1.85. The largest absolute Gasteiger partial charge is 0.302 e. The molecule has 10 heteroatoms. The van der Waals surface area contributed by atoms with Crippen LogP contribution in [0.2, 0.25) is 0 Å². The minimum absolute atomic E-state index is 0.101. The van der Waals surface area contributed by atoms with E-state index in [-0.39, 0.29) is 11.8 Å². The van der Waals surface area contributed by atoms with Gasteiger partial charge in [0.25, 0.3) is 0 Å². The second-order valence-corrected chi connectivity index (χ2v) is 12.4. The molecule has 1 fully saturated rings. The number of halogens is 1. The Kier molecular flexibility index (Phi) is 6.40. The van der Waals surface area contributed by atoms with Gasteiger partial charge in [0.05, 0.1) is 19.3 Å². The van der Waals surface area contributed by atoms with Crippen LogP contribution in [0.3, 0.4) is 0 Å². The van der Waals surface area contributed by atoms with E-state index in [1.807, 2.05) is 24.4 Å². The van der Waals surface area contributed by atoms with Crippen LogP contribution in [-0.4, -0.2) is 36.7 Å². The van der Waals surface area contributed by atoms with Gasteiger partial charge < -0.3 is 5.32 Å². The van der Waals surface area contributed by atoms with Crippen molar-refractivity contribution in [3.63, 3.8) is 0 Å². The Morgan fingerprint density at radius 3 is 2.50 bits per heavy atom. The molecule has 0 aliphatic carbocycles. The molecule has 158 valence electrons. The van der Waals surface area contributed by atoms with Crippen molar-refractivity contribution in [2.45, 2.75) is 24.7 Å². The average molecular weight is 527 g/mol. The van der Waals surface area contributed by atoms with Crippen LogP contribution in [0.5, 0.6) is 0 Å². The van der Waals surface area contributed by atoms with Crippen LogP contribution in [0.15, 0.2) is 50.5 Å². The zero-order valence-corrected chi connectivity index (χ0v) is 20.2. The van der Waals surface area contributed by atoms with Gasteiger partial charge in [-0.3, -0.25) is 4.79 Å². The van der Waals surface area contributed by atoms with Crippen molar-refractivity contribution in [2.75, 3.05) is 18.4 Å². The van der Waals surface area contributed by atoms with Crippen molar-refractivity contribution in [2.24, 2.45) is 5.92 Å².